The van der Waals surface area contributed by atoms with Crippen LogP contribution in [-0.4, -0.2) is 30.6 Å². The van der Waals surface area contributed by atoms with Gasteiger partial charge in [0.05, 0.1) is 12.2 Å². The largest absolute Gasteiger partial charge is 0.573 e. The lowest BCUT2D eigenvalue weighted by atomic mass is 10.1. The lowest BCUT2D eigenvalue weighted by Crippen LogP contribution is -2.38. The molecule has 0 amide bonds. The Morgan fingerprint density at radius 2 is 1.96 bits per heavy atom. The van der Waals surface area contributed by atoms with Gasteiger partial charge in [-0.2, -0.15) is 0 Å². The Kier molecular flexibility index (Phi) is 7.09. The average Bonchev–Trinajstić information content (AvgIpc) is 2.91. The number of nitrogens with one attached hydrogen (secondary N) is 2. The maximum atomic E-state index is 12.5. The van der Waals surface area contributed by atoms with Crippen LogP contribution in [0.25, 0.3) is 0 Å². The van der Waals surface area contributed by atoms with Gasteiger partial charge in [-0.1, -0.05) is 23.4 Å². The van der Waals surface area contributed by atoms with Crippen molar-refractivity contribution in [3.63, 3.8) is 0 Å². The van der Waals surface area contributed by atoms with Gasteiger partial charge < -0.3 is 19.9 Å². The van der Waals surface area contributed by atoms with Gasteiger partial charge in [0.25, 0.3) is 0 Å². The fourth-order valence-corrected chi connectivity index (χ4v) is 2.53. The SMILES string of the molecule is CCNC(=NCc1ccccc1OC(F)(F)F)NCCc1c(C)noc1C. The summed E-state index contributed by atoms with van der Waals surface area (Å²) in [6.45, 7) is 6.89. The number of hydrogen-bond acceptors (Lipinski definition) is 4. The van der Waals surface area contributed by atoms with E-state index in [0.717, 1.165) is 17.0 Å². The Labute approximate surface area is 155 Å². The van der Waals surface area contributed by atoms with E-state index in [9.17, 15) is 13.2 Å². The molecule has 1 aromatic heterocycles. The van der Waals surface area contributed by atoms with Gasteiger partial charge in [-0.05, 0) is 33.3 Å². The summed E-state index contributed by atoms with van der Waals surface area (Å²) in [5, 5.41) is 10.1. The summed E-state index contributed by atoms with van der Waals surface area (Å²) >= 11 is 0. The minimum atomic E-state index is -4.74. The Morgan fingerprint density at radius 3 is 2.59 bits per heavy atom. The van der Waals surface area contributed by atoms with Gasteiger partial charge in [0.15, 0.2) is 5.96 Å². The van der Waals surface area contributed by atoms with Gasteiger partial charge in [-0.25, -0.2) is 4.99 Å². The second-order valence-corrected chi connectivity index (χ2v) is 5.83. The van der Waals surface area contributed by atoms with E-state index in [4.69, 9.17) is 4.52 Å². The summed E-state index contributed by atoms with van der Waals surface area (Å²) in [6, 6.07) is 5.96. The van der Waals surface area contributed by atoms with Crippen LogP contribution in [0.1, 0.15) is 29.5 Å². The minimum Gasteiger partial charge on any atom is -0.405 e. The predicted octanol–water partition coefficient (Wildman–Crippen LogP) is 3.49. The van der Waals surface area contributed by atoms with Crippen molar-refractivity contribution in [3.05, 3.63) is 46.8 Å². The highest BCUT2D eigenvalue weighted by atomic mass is 19.4. The van der Waals surface area contributed by atoms with E-state index in [2.05, 4.69) is 25.5 Å². The number of aliphatic imine (C=N–C) groups is 1. The molecule has 0 aliphatic carbocycles. The highest BCUT2D eigenvalue weighted by Crippen LogP contribution is 2.26. The van der Waals surface area contributed by atoms with Crippen LogP contribution in [0.4, 0.5) is 13.2 Å². The highest BCUT2D eigenvalue weighted by molar-refractivity contribution is 5.79. The summed E-state index contributed by atoms with van der Waals surface area (Å²) in [7, 11) is 0. The molecular formula is C18H23F3N4O2. The zero-order chi connectivity index (χ0) is 19.9. The van der Waals surface area contributed by atoms with Gasteiger partial charge in [0, 0.05) is 24.2 Å². The molecule has 2 aromatic rings. The zero-order valence-electron chi connectivity index (χ0n) is 15.5. The zero-order valence-corrected chi connectivity index (χ0v) is 15.5. The molecule has 0 fully saturated rings. The summed E-state index contributed by atoms with van der Waals surface area (Å²) in [5.74, 6) is 1.03. The molecule has 0 spiro atoms. The normalized spacial score (nSPS) is 12.1. The Hall–Kier alpha value is -2.71. The maximum absolute atomic E-state index is 12.5. The summed E-state index contributed by atoms with van der Waals surface area (Å²) in [5.41, 5.74) is 2.22. The molecule has 0 saturated heterocycles. The number of rotatable bonds is 7. The lowest BCUT2D eigenvalue weighted by Gasteiger charge is -2.14. The van der Waals surface area contributed by atoms with Gasteiger partial charge in [0.1, 0.15) is 11.5 Å². The number of nitrogens with zero attached hydrogens (tertiary/aromatic N) is 2. The molecule has 0 bridgehead atoms. The van der Waals surface area contributed by atoms with Crippen LogP contribution in [0, 0.1) is 13.8 Å². The van der Waals surface area contributed by atoms with Gasteiger partial charge in [-0.15, -0.1) is 13.2 Å². The summed E-state index contributed by atoms with van der Waals surface area (Å²) in [6.07, 6.45) is -4.05. The smallest absolute Gasteiger partial charge is 0.405 e. The fraction of sp³-hybridized carbons (Fsp3) is 0.444. The minimum absolute atomic E-state index is 0.0485. The second-order valence-electron chi connectivity index (χ2n) is 5.83. The van der Waals surface area contributed by atoms with Crippen molar-refractivity contribution in [1.82, 2.24) is 15.8 Å². The molecular weight excluding hydrogens is 361 g/mol. The van der Waals surface area contributed by atoms with Crippen molar-refractivity contribution < 1.29 is 22.4 Å². The number of ether oxygens (including phenoxy) is 1. The quantitative estimate of drug-likeness (QED) is 0.565. The van der Waals surface area contributed by atoms with Crippen LogP contribution in [0.3, 0.4) is 0 Å². The standard InChI is InChI=1S/C18H23F3N4O2/c1-4-22-17(23-10-9-15-12(2)25-27-13(15)3)24-11-14-7-5-6-8-16(14)26-18(19,20)21/h5-8H,4,9-11H2,1-3H3,(H2,22,23,24). The molecule has 0 radical (unpaired) electrons. The molecule has 1 aromatic carbocycles. The van der Waals surface area contributed by atoms with Crippen LogP contribution >= 0.6 is 0 Å². The van der Waals surface area contributed by atoms with E-state index in [-0.39, 0.29) is 12.3 Å². The van der Waals surface area contributed by atoms with E-state index >= 15 is 0 Å². The number of alkyl halides is 3. The molecule has 1 heterocycles. The molecule has 0 saturated carbocycles. The van der Waals surface area contributed by atoms with Crippen molar-refractivity contribution >= 4 is 5.96 Å². The van der Waals surface area contributed by atoms with Gasteiger partial charge in [-0.3, -0.25) is 0 Å². The van der Waals surface area contributed by atoms with E-state index in [0.29, 0.717) is 31.0 Å². The number of aromatic nitrogens is 1. The molecule has 148 valence electrons. The summed E-state index contributed by atoms with van der Waals surface area (Å²) in [4.78, 5) is 4.35. The van der Waals surface area contributed by atoms with E-state index in [1.165, 1.54) is 12.1 Å². The van der Waals surface area contributed by atoms with Crippen LogP contribution in [0.15, 0.2) is 33.8 Å². The molecule has 0 unspecified atom stereocenters. The Bertz CT molecular complexity index is 753. The van der Waals surface area contributed by atoms with Crippen molar-refractivity contribution in [2.75, 3.05) is 13.1 Å². The number of hydrogen-bond donors (Lipinski definition) is 2. The third-order valence-corrected chi connectivity index (χ3v) is 3.80. The number of halogens is 3. The van der Waals surface area contributed by atoms with Crippen molar-refractivity contribution in [3.8, 4) is 5.75 Å². The van der Waals surface area contributed by atoms with Crippen LogP contribution in [0.2, 0.25) is 0 Å². The topological polar surface area (TPSA) is 71.7 Å². The molecule has 6 nitrogen and oxygen atoms in total. The molecule has 2 N–H and O–H groups in total. The molecule has 9 heteroatoms. The monoisotopic (exact) mass is 384 g/mol. The molecule has 2 rings (SSSR count). The molecule has 0 aliphatic rings. The number of benzene rings is 1. The van der Waals surface area contributed by atoms with Gasteiger partial charge in [0.2, 0.25) is 0 Å². The second kappa shape index (κ2) is 9.29. The maximum Gasteiger partial charge on any atom is 0.573 e. The van der Waals surface area contributed by atoms with E-state index < -0.39 is 6.36 Å². The van der Waals surface area contributed by atoms with Crippen molar-refractivity contribution in [2.24, 2.45) is 4.99 Å². The third kappa shape index (κ3) is 6.50. The average molecular weight is 384 g/mol. The third-order valence-electron chi connectivity index (χ3n) is 3.80. The van der Waals surface area contributed by atoms with Crippen LogP contribution in [0.5, 0.6) is 5.75 Å². The molecule has 0 aliphatic heterocycles. The summed E-state index contributed by atoms with van der Waals surface area (Å²) < 4.78 is 46.7. The first-order valence-corrected chi connectivity index (χ1v) is 8.57. The number of para-hydroxylation sites is 1. The van der Waals surface area contributed by atoms with E-state index in [1.54, 1.807) is 12.1 Å². The lowest BCUT2D eigenvalue weighted by molar-refractivity contribution is -0.274. The first kappa shape index (κ1) is 20.6. The van der Waals surface area contributed by atoms with Crippen LogP contribution < -0.4 is 15.4 Å². The van der Waals surface area contributed by atoms with Gasteiger partial charge >= 0.3 is 6.36 Å². The van der Waals surface area contributed by atoms with Crippen LogP contribution in [-0.2, 0) is 13.0 Å². The Balaban J connectivity index is 2.01. The molecule has 0 atom stereocenters. The highest BCUT2D eigenvalue weighted by Gasteiger charge is 2.31. The number of guanidine groups is 1. The fourth-order valence-electron chi connectivity index (χ4n) is 2.53. The number of aryl methyl sites for hydroxylation is 2. The van der Waals surface area contributed by atoms with Crippen molar-refractivity contribution in [2.45, 2.75) is 40.1 Å². The first-order chi connectivity index (χ1) is 12.8. The van der Waals surface area contributed by atoms with Crippen molar-refractivity contribution in [1.29, 1.82) is 0 Å². The molecule has 27 heavy (non-hydrogen) atoms. The Morgan fingerprint density at radius 1 is 1.22 bits per heavy atom. The van der Waals surface area contributed by atoms with E-state index in [1.807, 2.05) is 20.8 Å². The first-order valence-electron chi connectivity index (χ1n) is 8.57. The predicted molar refractivity (Wildman–Crippen MR) is 95.6 cm³/mol.